The Kier molecular flexibility index (Phi) is 3.96. The Morgan fingerprint density at radius 1 is 1.12 bits per heavy atom. The second-order valence-corrected chi connectivity index (χ2v) is 4.12. The summed E-state index contributed by atoms with van der Waals surface area (Å²) >= 11 is 5.79. The fourth-order valence-corrected chi connectivity index (χ4v) is 1.61. The summed E-state index contributed by atoms with van der Waals surface area (Å²) in [6.07, 6.45) is 2.79. The van der Waals surface area contributed by atoms with E-state index < -0.39 is 6.10 Å². The fourth-order valence-electron chi connectivity index (χ4n) is 1.49. The number of hydrogen-bond acceptors (Lipinski definition) is 3. The molecule has 0 fully saturated rings. The molecule has 0 amide bonds. The predicted molar refractivity (Wildman–Crippen MR) is 69.1 cm³/mol. The molecule has 0 saturated carbocycles. The van der Waals surface area contributed by atoms with Crippen molar-refractivity contribution >= 4 is 17.3 Å². The molecule has 2 aromatic rings. The first-order valence-corrected chi connectivity index (χ1v) is 5.71. The van der Waals surface area contributed by atoms with Crippen molar-refractivity contribution < 1.29 is 5.11 Å². The molecule has 2 rings (SSSR count). The minimum absolute atomic E-state index is 0.450. The second-order valence-electron chi connectivity index (χ2n) is 3.68. The van der Waals surface area contributed by atoms with Crippen molar-refractivity contribution in [2.24, 2.45) is 0 Å². The average molecular weight is 249 g/mol. The Morgan fingerprint density at radius 3 is 2.41 bits per heavy atom. The van der Waals surface area contributed by atoms with Crippen molar-refractivity contribution in [3.63, 3.8) is 0 Å². The van der Waals surface area contributed by atoms with Gasteiger partial charge in [0.15, 0.2) is 0 Å². The number of rotatable bonds is 4. The van der Waals surface area contributed by atoms with Crippen LogP contribution in [0.3, 0.4) is 0 Å². The lowest BCUT2D eigenvalue weighted by atomic mass is 10.1. The van der Waals surface area contributed by atoms with E-state index in [1.165, 1.54) is 0 Å². The van der Waals surface area contributed by atoms with Crippen molar-refractivity contribution in [2.45, 2.75) is 6.10 Å². The van der Waals surface area contributed by atoms with E-state index in [0.29, 0.717) is 11.6 Å². The molecule has 0 aliphatic heterocycles. The zero-order chi connectivity index (χ0) is 12.1. The van der Waals surface area contributed by atoms with Gasteiger partial charge < -0.3 is 10.4 Å². The van der Waals surface area contributed by atoms with E-state index in [1.54, 1.807) is 24.5 Å². The number of anilines is 1. The number of aromatic nitrogens is 1. The highest BCUT2D eigenvalue weighted by atomic mass is 35.5. The van der Waals surface area contributed by atoms with Crippen LogP contribution in [-0.4, -0.2) is 16.6 Å². The van der Waals surface area contributed by atoms with Gasteiger partial charge in [-0.1, -0.05) is 11.6 Å². The Balaban J connectivity index is 1.92. The van der Waals surface area contributed by atoms with Crippen molar-refractivity contribution in [3.8, 4) is 0 Å². The summed E-state index contributed by atoms with van der Waals surface area (Å²) in [4.78, 5) is 3.91. The minimum atomic E-state index is -0.548. The van der Waals surface area contributed by atoms with E-state index in [2.05, 4.69) is 10.3 Å². The van der Waals surface area contributed by atoms with Crippen molar-refractivity contribution in [3.05, 3.63) is 59.4 Å². The van der Waals surface area contributed by atoms with Crippen LogP contribution in [0.1, 0.15) is 11.7 Å². The van der Waals surface area contributed by atoms with Crippen LogP contribution in [-0.2, 0) is 0 Å². The maximum Gasteiger partial charge on any atom is 0.0963 e. The van der Waals surface area contributed by atoms with Gasteiger partial charge in [0.1, 0.15) is 0 Å². The van der Waals surface area contributed by atoms with Gasteiger partial charge in [0.2, 0.25) is 0 Å². The SMILES string of the molecule is OC(CNc1ccc(Cl)cc1)c1ccncc1. The average Bonchev–Trinajstić information content (AvgIpc) is 2.39. The van der Waals surface area contributed by atoms with Gasteiger partial charge >= 0.3 is 0 Å². The van der Waals surface area contributed by atoms with Crippen LogP contribution >= 0.6 is 11.6 Å². The number of nitrogens with one attached hydrogen (secondary N) is 1. The zero-order valence-corrected chi connectivity index (χ0v) is 9.93. The molecule has 2 N–H and O–H groups in total. The van der Waals surface area contributed by atoms with Gasteiger partial charge in [-0.25, -0.2) is 0 Å². The number of aliphatic hydroxyl groups excluding tert-OH is 1. The molecule has 1 unspecified atom stereocenters. The third-order valence-electron chi connectivity index (χ3n) is 2.43. The quantitative estimate of drug-likeness (QED) is 0.875. The van der Waals surface area contributed by atoms with Crippen LogP contribution in [0.4, 0.5) is 5.69 Å². The molecule has 0 aliphatic carbocycles. The summed E-state index contributed by atoms with van der Waals surface area (Å²) < 4.78 is 0. The summed E-state index contributed by atoms with van der Waals surface area (Å²) in [6, 6.07) is 11.0. The molecule has 0 aliphatic rings. The molecule has 1 aromatic heterocycles. The van der Waals surface area contributed by atoms with Crippen LogP contribution in [0.15, 0.2) is 48.8 Å². The van der Waals surface area contributed by atoms with Gasteiger partial charge in [-0.15, -0.1) is 0 Å². The molecule has 0 spiro atoms. The molecule has 3 nitrogen and oxygen atoms in total. The first-order chi connectivity index (χ1) is 8.25. The van der Waals surface area contributed by atoms with E-state index in [-0.39, 0.29) is 0 Å². The van der Waals surface area contributed by atoms with Crippen LogP contribution in [0, 0.1) is 0 Å². The monoisotopic (exact) mass is 248 g/mol. The Morgan fingerprint density at radius 2 is 1.76 bits per heavy atom. The van der Waals surface area contributed by atoms with Gasteiger partial charge in [-0.3, -0.25) is 4.98 Å². The number of benzene rings is 1. The molecule has 1 heterocycles. The standard InChI is InChI=1S/C13H13ClN2O/c14-11-1-3-12(4-2-11)16-9-13(17)10-5-7-15-8-6-10/h1-8,13,16-17H,9H2. The third-order valence-corrected chi connectivity index (χ3v) is 2.69. The summed E-state index contributed by atoms with van der Waals surface area (Å²) in [7, 11) is 0. The molecule has 1 atom stereocenters. The van der Waals surface area contributed by atoms with Crippen LogP contribution in [0.2, 0.25) is 5.02 Å². The molecular weight excluding hydrogens is 236 g/mol. The smallest absolute Gasteiger partial charge is 0.0963 e. The van der Waals surface area contributed by atoms with Crippen molar-refractivity contribution in [2.75, 3.05) is 11.9 Å². The molecule has 0 saturated heterocycles. The first-order valence-electron chi connectivity index (χ1n) is 5.33. The van der Waals surface area contributed by atoms with Crippen LogP contribution < -0.4 is 5.32 Å². The molecular formula is C13H13ClN2O. The largest absolute Gasteiger partial charge is 0.387 e. The highest BCUT2D eigenvalue weighted by molar-refractivity contribution is 6.30. The first kappa shape index (κ1) is 11.9. The number of aliphatic hydroxyl groups is 1. The second kappa shape index (κ2) is 5.66. The van der Waals surface area contributed by atoms with Gasteiger partial charge in [0.25, 0.3) is 0 Å². The number of halogens is 1. The molecule has 0 radical (unpaired) electrons. The highest BCUT2D eigenvalue weighted by Gasteiger charge is 2.06. The van der Waals surface area contributed by atoms with E-state index >= 15 is 0 Å². The van der Waals surface area contributed by atoms with E-state index in [4.69, 9.17) is 11.6 Å². The van der Waals surface area contributed by atoms with Gasteiger partial charge in [0, 0.05) is 29.6 Å². The maximum absolute atomic E-state index is 9.92. The van der Waals surface area contributed by atoms with Crippen molar-refractivity contribution in [1.29, 1.82) is 0 Å². The van der Waals surface area contributed by atoms with Gasteiger partial charge in [-0.05, 0) is 42.0 Å². The fraction of sp³-hybridized carbons (Fsp3) is 0.154. The Labute approximate surface area is 105 Å². The molecule has 0 bridgehead atoms. The lowest BCUT2D eigenvalue weighted by molar-refractivity contribution is 0.191. The maximum atomic E-state index is 9.92. The third kappa shape index (κ3) is 3.44. The lowest BCUT2D eigenvalue weighted by Crippen LogP contribution is -2.11. The normalized spacial score (nSPS) is 12.1. The number of hydrogen-bond donors (Lipinski definition) is 2. The highest BCUT2D eigenvalue weighted by Crippen LogP contribution is 2.16. The molecule has 88 valence electrons. The molecule has 1 aromatic carbocycles. The Hall–Kier alpha value is -1.58. The number of nitrogens with zero attached hydrogens (tertiary/aromatic N) is 1. The summed E-state index contributed by atoms with van der Waals surface area (Å²) in [5.41, 5.74) is 1.78. The van der Waals surface area contributed by atoms with E-state index in [9.17, 15) is 5.11 Å². The van der Waals surface area contributed by atoms with E-state index in [0.717, 1.165) is 11.3 Å². The van der Waals surface area contributed by atoms with E-state index in [1.807, 2.05) is 24.3 Å². The minimum Gasteiger partial charge on any atom is -0.387 e. The Bertz CT molecular complexity index is 459. The summed E-state index contributed by atoms with van der Waals surface area (Å²) in [6.45, 7) is 0.450. The van der Waals surface area contributed by atoms with Crippen LogP contribution in [0.25, 0.3) is 0 Å². The molecule has 4 heteroatoms. The van der Waals surface area contributed by atoms with Gasteiger partial charge in [0.05, 0.1) is 6.10 Å². The predicted octanol–water partition coefficient (Wildman–Crippen LogP) is 2.88. The van der Waals surface area contributed by atoms with Gasteiger partial charge in [-0.2, -0.15) is 0 Å². The number of pyridine rings is 1. The summed E-state index contributed by atoms with van der Waals surface area (Å²) in [5.74, 6) is 0. The zero-order valence-electron chi connectivity index (χ0n) is 9.18. The lowest BCUT2D eigenvalue weighted by Gasteiger charge is -2.12. The molecule has 17 heavy (non-hydrogen) atoms. The topological polar surface area (TPSA) is 45.1 Å². The van der Waals surface area contributed by atoms with Crippen LogP contribution in [0.5, 0.6) is 0 Å². The summed E-state index contributed by atoms with van der Waals surface area (Å²) in [5, 5.41) is 13.8. The van der Waals surface area contributed by atoms with Crippen molar-refractivity contribution in [1.82, 2.24) is 4.98 Å².